The van der Waals surface area contributed by atoms with Crippen molar-refractivity contribution in [1.82, 2.24) is 4.98 Å². The van der Waals surface area contributed by atoms with Crippen molar-refractivity contribution in [2.45, 2.75) is 39.9 Å². The van der Waals surface area contributed by atoms with Gasteiger partial charge in [0.25, 0.3) is 0 Å². The van der Waals surface area contributed by atoms with Gasteiger partial charge in [0.1, 0.15) is 0 Å². The summed E-state index contributed by atoms with van der Waals surface area (Å²) in [6, 6.07) is 9.53. The van der Waals surface area contributed by atoms with Crippen LogP contribution in [0.25, 0.3) is 11.5 Å². The minimum absolute atomic E-state index is 0.0189. The average molecular weight is 394 g/mol. The third-order valence-corrected chi connectivity index (χ3v) is 6.18. The van der Waals surface area contributed by atoms with Crippen LogP contribution in [0, 0.1) is 0 Å². The van der Waals surface area contributed by atoms with Crippen LogP contribution in [-0.2, 0) is 18.3 Å². The summed E-state index contributed by atoms with van der Waals surface area (Å²) < 4.78 is 36.5. The molecule has 8 heteroatoms. The van der Waals surface area contributed by atoms with Gasteiger partial charge in [-0.1, -0.05) is 18.2 Å². The van der Waals surface area contributed by atoms with Crippen molar-refractivity contribution < 1.29 is 22.8 Å². The SMILES string of the molecule is CCOP(=O)(OCC)c1nc(-c2ccccc2)oc1N1CC(C)OC(C)C1. The minimum Gasteiger partial charge on any atom is -0.419 e. The van der Waals surface area contributed by atoms with Crippen molar-refractivity contribution in [3.63, 3.8) is 0 Å². The molecular weight excluding hydrogens is 367 g/mol. The maximum absolute atomic E-state index is 13.5. The molecule has 2 unspecified atom stereocenters. The summed E-state index contributed by atoms with van der Waals surface area (Å²) in [6.07, 6.45) is 0.0379. The van der Waals surface area contributed by atoms with Gasteiger partial charge in [-0.2, -0.15) is 4.98 Å². The van der Waals surface area contributed by atoms with Gasteiger partial charge in [-0.3, -0.25) is 4.57 Å². The largest absolute Gasteiger partial charge is 0.419 e. The van der Waals surface area contributed by atoms with Crippen LogP contribution in [0.5, 0.6) is 0 Å². The normalized spacial score (nSPS) is 20.8. The zero-order valence-electron chi connectivity index (χ0n) is 16.3. The molecule has 0 radical (unpaired) electrons. The molecule has 1 aromatic carbocycles. The van der Waals surface area contributed by atoms with E-state index in [2.05, 4.69) is 4.98 Å². The first-order chi connectivity index (χ1) is 13.0. The molecule has 2 aromatic rings. The molecule has 0 bridgehead atoms. The fourth-order valence-electron chi connectivity index (χ4n) is 3.24. The molecule has 0 aliphatic carbocycles. The number of anilines is 1. The van der Waals surface area contributed by atoms with E-state index in [9.17, 15) is 4.57 Å². The first-order valence-corrected chi connectivity index (χ1v) is 10.9. The molecule has 1 aliphatic heterocycles. The number of benzene rings is 1. The monoisotopic (exact) mass is 394 g/mol. The average Bonchev–Trinajstić information content (AvgIpc) is 3.08. The van der Waals surface area contributed by atoms with E-state index in [1.807, 2.05) is 49.1 Å². The first kappa shape index (κ1) is 20.1. The van der Waals surface area contributed by atoms with Crippen LogP contribution in [-0.4, -0.2) is 43.5 Å². The molecule has 0 N–H and O–H groups in total. The standard InChI is InChI=1S/C19H27N2O5P/c1-5-23-27(22,24-6-2)18-19(21-12-14(3)25-15(4)13-21)26-17(20-18)16-10-8-7-9-11-16/h7-11,14-15H,5-6,12-13H2,1-4H3. The van der Waals surface area contributed by atoms with E-state index in [-0.39, 0.29) is 30.9 Å². The lowest BCUT2D eigenvalue weighted by Gasteiger charge is -2.35. The van der Waals surface area contributed by atoms with Gasteiger partial charge in [-0.15, -0.1) is 0 Å². The second-order valence-corrected chi connectivity index (χ2v) is 8.44. The van der Waals surface area contributed by atoms with E-state index in [4.69, 9.17) is 18.2 Å². The maximum Gasteiger partial charge on any atom is 0.385 e. The van der Waals surface area contributed by atoms with Gasteiger partial charge in [-0.05, 0) is 39.8 Å². The highest BCUT2D eigenvalue weighted by Crippen LogP contribution is 2.50. The van der Waals surface area contributed by atoms with E-state index < -0.39 is 7.60 Å². The smallest absolute Gasteiger partial charge is 0.385 e. The van der Waals surface area contributed by atoms with Gasteiger partial charge in [0.2, 0.25) is 17.2 Å². The van der Waals surface area contributed by atoms with Crippen molar-refractivity contribution in [3.05, 3.63) is 30.3 Å². The molecule has 2 atom stereocenters. The van der Waals surface area contributed by atoms with Gasteiger partial charge < -0.3 is 23.1 Å². The predicted molar refractivity (Wildman–Crippen MR) is 105 cm³/mol. The molecule has 1 aliphatic rings. The molecule has 0 saturated carbocycles. The Hall–Kier alpha value is -1.66. The molecule has 0 amide bonds. The molecule has 1 saturated heterocycles. The molecule has 148 valence electrons. The van der Waals surface area contributed by atoms with Gasteiger partial charge >= 0.3 is 7.60 Å². The Morgan fingerprint density at radius 3 is 2.26 bits per heavy atom. The summed E-state index contributed by atoms with van der Waals surface area (Å²) in [6.45, 7) is 9.28. The topological polar surface area (TPSA) is 74.0 Å². The Morgan fingerprint density at radius 2 is 1.70 bits per heavy atom. The van der Waals surface area contributed by atoms with Crippen LogP contribution in [0.3, 0.4) is 0 Å². The molecule has 2 heterocycles. The summed E-state index contributed by atoms with van der Waals surface area (Å²) >= 11 is 0. The third kappa shape index (κ3) is 4.43. The zero-order valence-corrected chi connectivity index (χ0v) is 17.1. The van der Waals surface area contributed by atoms with E-state index in [0.29, 0.717) is 24.9 Å². The summed E-state index contributed by atoms with van der Waals surface area (Å²) in [5, 5.41) is 0. The zero-order chi connectivity index (χ0) is 19.4. The van der Waals surface area contributed by atoms with Gasteiger partial charge in [0.05, 0.1) is 25.4 Å². The number of rotatable bonds is 7. The second kappa shape index (κ2) is 8.57. The molecule has 0 spiro atoms. The number of morpholine rings is 1. The van der Waals surface area contributed by atoms with Crippen LogP contribution in [0.4, 0.5) is 5.88 Å². The Morgan fingerprint density at radius 1 is 1.11 bits per heavy atom. The van der Waals surface area contributed by atoms with Crippen LogP contribution in [0.2, 0.25) is 0 Å². The van der Waals surface area contributed by atoms with Crippen LogP contribution < -0.4 is 10.3 Å². The lowest BCUT2D eigenvalue weighted by atomic mass is 10.2. The Balaban J connectivity index is 2.09. The van der Waals surface area contributed by atoms with Gasteiger partial charge in [-0.25, -0.2) is 0 Å². The number of nitrogens with zero attached hydrogens (tertiary/aromatic N) is 2. The molecular formula is C19H27N2O5P. The van der Waals surface area contributed by atoms with Crippen molar-refractivity contribution >= 4 is 18.9 Å². The molecule has 3 rings (SSSR count). The maximum atomic E-state index is 13.5. The predicted octanol–water partition coefficient (Wildman–Crippen LogP) is 3.85. The fraction of sp³-hybridized carbons (Fsp3) is 0.526. The van der Waals surface area contributed by atoms with Crippen LogP contribution >= 0.6 is 7.60 Å². The minimum atomic E-state index is -3.60. The van der Waals surface area contributed by atoms with E-state index in [0.717, 1.165) is 5.56 Å². The van der Waals surface area contributed by atoms with Crippen molar-refractivity contribution in [2.75, 3.05) is 31.2 Å². The Bertz CT molecular complexity index is 775. The first-order valence-electron chi connectivity index (χ1n) is 9.33. The van der Waals surface area contributed by atoms with Crippen molar-refractivity contribution in [2.24, 2.45) is 0 Å². The van der Waals surface area contributed by atoms with Gasteiger partial charge in [0.15, 0.2) is 0 Å². The number of aromatic nitrogens is 1. The summed E-state index contributed by atoms with van der Waals surface area (Å²) in [5.41, 5.74) is 1.03. The third-order valence-electron chi connectivity index (χ3n) is 4.18. The fourth-order valence-corrected chi connectivity index (χ4v) is 4.87. The number of oxazole rings is 1. The van der Waals surface area contributed by atoms with Crippen LogP contribution in [0.1, 0.15) is 27.7 Å². The summed E-state index contributed by atoms with van der Waals surface area (Å²) in [5.74, 6) is 0.827. The highest BCUT2D eigenvalue weighted by molar-refractivity contribution is 7.62. The Kier molecular flexibility index (Phi) is 6.37. The van der Waals surface area contributed by atoms with Crippen LogP contribution in [0.15, 0.2) is 34.7 Å². The van der Waals surface area contributed by atoms with Gasteiger partial charge in [0, 0.05) is 18.7 Å². The summed E-state index contributed by atoms with van der Waals surface area (Å²) in [4.78, 5) is 6.56. The molecule has 1 fully saturated rings. The molecule has 27 heavy (non-hydrogen) atoms. The highest BCUT2D eigenvalue weighted by atomic mass is 31.2. The van der Waals surface area contributed by atoms with E-state index >= 15 is 0 Å². The number of hydrogen-bond acceptors (Lipinski definition) is 7. The Labute approximate surface area is 160 Å². The lowest BCUT2D eigenvalue weighted by Crippen LogP contribution is -2.46. The van der Waals surface area contributed by atoms with E-state index in [1.165, 1.54) is 0 Å². The second-order valence-electron chi connectivity index (χ2n) is 6.51. The molecule has 1 aromatic heterocycles. The number of hydrogen-bond donors (Lipinski definition) is 0. The lowest BCUT2D eigenvalue weighted by molar-refractivity contribution is -0.00632. The molecule has 7 nitrogen and oxygen atoms in total. The van der Waals surface area contributed by atoms with E-state index in [1.54, 1.807) is 13.8 Å². The highest BCUT2D eigenvalue weighted by Gasteiger charge is 2.39. The quantitative estimate of drug-likeness (QED) is 0.661. The summed E-state index contributed by atoms with van der Waals surface area (Å²) in [7, 11) is -3.60. The van der Waals surface area contributed by atoms with Crippen molar-refractivity contribution in [3.8, 4) is 11.5 Å². The van der Waals surface area contributed by atoms with Crippen molar-refractivity contribution in [1.29, 1.82) is 0 Å². The number of ether oxygens (including phenoxy) is 1.